The van der Waals surface area contributed by atoms with E-state index in [9.17, 15) is 10.1 Å². The van der Waals surface area contributed by atoms with Gasteiger partial charge in [0.25, 0.3) is 5.69 Å². The summed E-state index contributed by atoms with van der Waals surface area (Å²) in [6.45, 7) is 0.548. The molecule has 0 amide bonds. The molecular formula is C12H10ClN3O2. The second-order valence-electron chi connectivity index (χ2n) is 3.64. The van der Waals surface area contributed by atoms with E-state index in [0.717, 1.165) is 5.56 Å². The van der Waals surface area contributed by atoms with Crippen molar-refractivity contribution in [3.8, 4) is 0 Å². The molecule has 0 fully saturated rings. The molecule has 1 N–H and O–H groups in total. The Morgan fingerprint density at radius 2 is 2.22 bits per heavy atom. The minimum absolute atomic E-state index is 0.104. The average molecular weight is 264 g/mol. The molecular weight excluding hydrogens is 254 g/mol. The van der Waals surface area contributed by atoms with Crippen molar-refractivity contribution in [2.24, 2.45) is 0 Å². The van der Waals surface area contributed by atoms with Gasteiger partial charge in [-0.3, -0.25) is 15.1 Å². The first-order valence-corrected chi connectivity index (χ1v) is 5.61. The Hall–Kier alpha value is -2.14. The summed E-state index contributed by atoms with van der Waals surface area (Å²) in [7, 11) is 0. The number of anilines is 1. The molecule has 0 atom stereocenters. The predicted octanol–water partition coefficient (Wildman–Crippen LogP) is 3.26. The third-order valence-electron chi connectivity index (χ3n) is 2.36. The Morgan fingerprint density at radius 3 is 2.89 bits per heavy atom. The van der Waals surface area contributed by atoms with Crippen LogP contribution in [0.2, 0.25) is 5.02 Å². The molecule has 0 aliphatic heterocycles. The predicted molar refractivity (Wildman–Crippen MR) is 69.7 cm³/mol. The van der Waals surface area contributed by atoms with E-state index in [2.05, 4.69) is 10.3 Å². The fourth-order valence-electron chi connectivity index (χ4n) is 1.47. The first-order valence-electron chi connectivity index (χ1n) is 5.23. The van der Waals surface area contributed by atoms with Crippen molar-refractivity contribution < 1.29 is 4.92 Å². The van der Waals surface area contributed by atoms with Crippen LogP contribution >= 0.6 is 11.6 Å². The van der Waals surface area contributed by atoms with E-state index in [1.807, 2.05) is 12.1 Å². The lowest BCUT2D eigenvalue weighted by Crippen LogP contribution is -2.00. The van der Waals surface area contributed by atoms with Crippen LogP contribution in [0.25, 0.3) is 0 Å². The van der Waals surface area contributed by atoms with Crippen molar-refractivity contribution in [1.82, 2.24) is 4.98 Å². The second kappa shape index (κ2) is 5.46. The summed E-state index contributed by atoms with van der Waals surface area (Å²) in [5.41, 5.74) is 1.54. The van der Waals surface area contributed by atoms with E-state index in [1.165, 1.54) is 12.1 Å². The van der Waals surface area contributed by atoms with E-state index >= 15 is 0 Å². The van der Waals surface area contributed by atoms with Crippen molar-refractivity contribution in [2.45, 2.75) is 6.54 Å². The molecule has 0 saturated heterocycles. The Morgan fingerprint density at radius 1 is 1.39 bits per heavy atom. The summed E-state index contributed by atoms with van der Waals surface area (Å²) in [5, 5.41) is 13.9. The van der Waals surface area contributed by atoms with E-state index in [4.69, 9.17) is 11.6 Å². The maximum atomic E-state index is 10.7. The number of nitro benzene ring substituents is 1. The summed E-state index contributed by atoms with van der Waals surface area (Å²) in [6.07, 6.45) is 3.42. The number of nitrogens with zero attached hydrogens (tertiary/aromatic N) is 2. The molecule has 0 aliphatic rings. The van der Waals surface area contributed by atoms with Gasteiger partial charge < -0.3 is 5.32 Å². The standard InChI is InChI=1S/C12H10ClN3O2/c13-11-4-3-10(6-12(11)16(17)18)15-8-9-2-1-5-14-7-9/h1-7,15H,8H2. The molecule has 0 spiro atoms. The molecule has 0 unspecified atom stereocenters. The monoisotopic (exact) mass is 263 g/mol. The quantitative estimate of drug-likeness (QED) is 0.679. The van der Waals surface area contributed by atoms with Crippen molar-refractivity contribution in [3.63, 3.8) is 0 Å². The summed E-state index contributed by atoms with van der Waals surface area (Å²) in [5.74, 6) is 0. The maximum Gasteiger partial charge on any atom is 0.289 e. The molecule has 92 valence electrons. The van der Waals surface area contributed by atoms with Gasteiger partial charge in [-0.25, -0.2) is 0 Å². The van der Waals surface area contributed by atoms with Crippen LogP contribution in [0.5, 0.6) is 0 Å². The third-order valence-corrected chi connectivity index (χ3v) is 2.68. The SMILES string of the molecule is O=[N+]([O-])c1cc(NCc2cccnc2)ccc1Cl. The van der Waals surface area contributed by atoms with Gasteiger partial charge in [-0.05, 0) is 23.8 Å². The molecule has 6 heteroatoms. The van der Waals surface area contributed by atoms with Gasteiger partial charge in [0.05, 0.1) is 4.92 Å². The lowest BCUT2D eigenvalue weighted by Gasteiger charge is -2.06. The zero-order valence-electron chi connectivity index (χ0n) is 9.34. The van der Waals surface area contributed by atoms with E-state index in [-0.39, 0.29) is 10.7 Å². The number of nitro groups is 1. The summed E-state index contributed by atoms with van der Waals surface area (Å²) >= 11 is 5.73. The van der Waals surface area contributed by atoms with Gasteiger partial charge in [-0.15, -0.1) is 0 Å². The van der Waals surface area contributed by atoms with Gasteiger partial charge in [0, 0.05) is 30.7 Å². The summed E-state index contributed by atoms with van der Waals surface area (Å²) in [4.78, 5) is 14.2. The van der Waals surface area contributed by atoms with E-state index < -0.39 is 4.92 Å². The molecule has 18 heavy (non-hydrogen) atoms. The highest BCUT2D eigenvalue weighted by atomic mass is 35.5. The van der Waals surface area contributed by atoms with Crippen LogP contribution < -0.4 is 5.32 Å². The van der Waals surface area contributed by atoms with Gasteiger partial charge >= 0.3 is 0 Å². The number of nitrogens with one attached hydrogen (secondary N) is 1. The lowest BCUT2D eigenvalue weighted by atomic mass is 10.2. The largest absolute Gasteiger partial charge is 0.381 e. The van der Waals surface area contributed by atoms with Crippen LogP contribution in [-0.2, 0) is 6.54 Å². The lowest BCUT2D eigenvalue weighted by molar-refractivity contribution is -0.384. The van der Waals surface area contributed by atoms with E-state index in [0.29, 0.717) is 12.2 Å². The number of rotatable bonds is 4. The minimum atomic E-state index is -0.502. The van der Waals surface area contributed by atoms with Gasteiger partial charge in [0.1, 0.15) is 5.02 Å². The van der Waals surface area contributed by atoms with Crippen LogP contribution in [0.4, 0.5) is 11.4 Å². The highest BCUT2D eigenvalue weighted by molar-refractivity contribution is 6.32. The number of pyridine rings is 1. The van der Waals surface area contributed by atoms with Gasteiger partial charge in [0.2, 0.25) is 0 Å². The molecule has 1 aromatic heterocycles. The van der Waals surface area contributed by atoms with Crippen LogP contribution in [0.1, 0.15) is 5.56 Å². The van der Waals surface area contributed by atoms with Gasteiger partial charge in [0.15, 0.2) is 0 Å². The summed E-state index contributed by atoms with van der Waals surface area (Å²) < 4.78 is 0. The van der Waals surface area contributed by atoms with Gasteiger partial charge in [-0.1, -0.05) is 17.7 Å². The Kier molecular flexibility index (Phi) is 3.74. The Bertz CT molecular complexity index is 561. The van der Waals surface area contributed by atoms with Crippen molar-refractivity contribution in [2.75, 3.05) is 5.32 Å². The van der Waals surface area contributed by atoms with E-state index in [1.54, 1.807) is 18.5 Å². The Labute approximate surface area is 109 Å². The first kappa shape index (κ1) is 12.3. The van der Waals surface area contributed by atoms with Crippen LogP contribution in [0.15, 0.2) is 42.7 Å². The minimum Gasteiger partial charge on any atom is -0.381 e. The number of hydrogen-bond donors (Lipinski definition) is 1. The molecule has 1 heterocycles. The number of halogens is 1. The van der Waals surface area contributed by atoms with Crippen LogP contribution in [-0.4, -0.2) is 9.91 Å². The highest BCUT2D eigenvalue weighted by Crippen LogP contribution is 2.27. The second-order valence-corrected chi connectivity index (χ2v) is 4.05. The third kappa shape index (κ3) is 2.95. The van der Waals surface area contributed by atoms with Crippen molar-refractivity contribution in [3.05, 3.63) is 63.4 Å². The topological polar surface area (TPSA) is 68.1 Å². The number of benzene rings is 1. The zero-order chi connectivity index (χ0) is 13.0. The van der Waals surface area contributed by atoms with Crippen molar-refractivity contribution in [1.29, 1.82) is 0 Å². The normalized spacial score (nSPS) is 10.1. The summed E-state index contributed by atoms with van der Waals surface area (Å²) in [6, 6.07) is 8.38. The Balaban J connectivity index is 2.11. The first-order chi connectivity index (χ1) is 8.66. The van der Waals surface area contributed by atoms with Gasteiger partial charge in [-0.2, -0.15) is 0 Å². The van der Waals surface area contributed by atoms with Crippen molar-refractivity contribution >= 4 is 23.0 Å². The fraction of sp³-hybridized carbons (Fsp3) is 0.0833. The molecule has 2 aromatic rings. The molecule has 0 bridgehead atoms. The highest BCUT2D eigenvalue weighted by Gasteiger charge is 2.12. The van der Waals surface area contributed by atoms with Crippen LogP contribution in [0, 0.1) is 10.1 Å². The van der Waals surface area contributed by atoms with Crippen LogP contribution in [0.3, 0.4) is 0 Å². The molecule has 0 aliphatic carbocycles. The zero-order valence-corrected chi connectivity index (χ0v) is 10.1. The molecule has 5 nitrogen and oxygen atoms in total. The fourth-order valence-corrected chi connectivity index (χ4v) is 1.66. The number of aromatic nitrogens is 1. The average Bonchev–Trinajstić information content (AvgIpc) is 2.38. The maximum absolute atomic E-state index is 10.7. The molecule has 1 aromatic carbocycles. The molecule has 0 radical (unpaired) electrons. The smallest absolute Gasteiger partial charge is 0.289 e. The number of hydrogen-bond acceptors (Lipinski definition) is 4. The molecule has 0 saturated carbocycles. The molecule has 2 rings (SSSR count).